The second-order valence-corrected chi connectivity index (χ2v) is 5.62. The van der Waals surface area contributed by atoms with Gasteiger partial charge in [-0.25, -0.2) is 0 Å². The van der Waals surface area contributed by atoms with Crippen molar-refractivity contribution in [3.63, 3.8) is 0 Å². The molecule has 0 aliphatic rings. The molecular weight excluding hydrogens is 306 g/mol. The highest BCUT2D eigenvalue weighted by molar-refractivity contribution is 5.68. The molecule has 5 heteroatoms. The van der Waals surface area contributed by atoms with Crippen molar-refractivity contribution in [3.05, 3.63) is 59.2 Å². The van der Waals surface area contributed by atoms with E-state index in [0.717, 1.165) is 5.56 Å². The molecule has 0 saturated heterocycles. The Morgan fingerprint density at radius 2 is 1.83 bits per heavy atom. The zero-order valence-corrected chi connectivity index (χ0v) is 14.0. The minimum Gasteiger partial charge on any atom is -0.490 e. The van der Waals surface area contributed by atoms with E-state index >= 15 is 0 Å². The van der Waals surface area contributed by atoms with Crippen LogP contribution in [0.25, 0.3) is 0 Å². The molecule has 0 aliphatic carbocycles. The topological polar surface area (TPSA) is 81.8 Å². The first-order valence-corrected chi connectivity index (χ1v) is 7.92. The summed E-state index contributed by atoms with van der Waals surface area (Å²) in [5, 5.41) is 8.87. The Balaban J connectivity index is 2.13. The third-order valence-corrected chi connectivity index (χ3v) is 3.61. The number of hydrogen-bond donors (Lipinski definition) is 2. The van der Waals surface area contributed by atoms with Gasteiger partial charge < -0.3 is 20.3 Å². The van der Waals surface area contributed by atoms with Gasteiger partial charge in [-0.15, -0.1) is 0 Å². The quantitative estimate of drug-likeness (QED) is 0.775. The molecule has 0 bridgehead atoms. The molecular formula is C19H23NO4. The maximum absolute atomic E-state index is 10.8. The van der Waals surface area contributed by atoms with Gasteiger partial charge in [0, 0.05) is 6.04 Å². The summed E-state index contributed by atoms with van der Waals surface area (Å²) < 4.78 is 11.5. The zero-order valence-electron chi connectivity index (χ0n) is 14.0. The molecule has 1 unspecified atom stereocenters. The predicted molar refractivity (Wildman–Crippen MR) is 92.3 cm³/mol. The number of hydrogen-bond acceptors (Lipinski definition) is 4. The number of rotatable bonds is 8. The highest BCUT2D eigenvalue weighted by Crippen LogP contribution is 2.31. The van der Waals surface area contributed by atoms with Crippen molar-refractivity contribution in [2.75, 3.05) is 6.61 Å². The van der Waals surface area contributed by atoms with Crippen molar-refractivity contribution in [1.29, 1.82) is 0 Å². The first kappa shape index (κ1) is 17.8. The molecule has 1 atom stereocenters. The maximum Gasteiger partial charge on any atom is 0.305 e. The summed E-state index contributed by atoms with van der Waals surface area (Å²) in [4.78, 5) is 10.8. The van der Waals surface area contributed by atoms with Gasteiger partial charge in [0.1, 0.15) is 6.61 Å². The van der Waals surface area contributed by atoms with Gasteiger partial charge in [0.05, 0.1) is 13.0 Å². The van der Waals surface area contributed by atoms with Crippen LogP contribution in [0.1, 0.15) is 36.1 Å². The largest absolute Gasteiger partial charge is 0.490 e. The van der Waals surface area contributed by atoms with E-state index in [-0.39, 0.29) is 6.42 Å². The van der Waals surface area contributed by atoms with Gasteiger partial charge in [-0.1, -0.05) is 35.9 Å². The molecule has 0 radical (unpaired) electrons. The van der Waals surface area contributed by atoms with Gasteiger partial charge in [0.15, 0.2) is 11.5 Å². The summed E-state index contributed by atoms with van der Waals surface area (Å²) in [6.45, 7) is 4.84. The summed E-state index contributed by atoms with van der Waals surface area (Å²) in [6.07, 6.45) is -0.130. The van der Waals surface area contributed by atoms with Gasteiger partial charge in [0.25, 0.3) is 0 Å². The van der Waals surface area contributed by atoms with Crippen LogP contribution in [-0.2, 0) is 11.4 Å². The smallest absolute Gasteiger partial charge is 0.305 e. The lowest BCUT2D eigenvalue weighted by Gasteiger charge is -2.16. The van der Waals surface area contributed by atoms with E-state index in [1.807, 2.05) is 38.1 Å². The van der Waals surface area contributed by atoms with E-state index in [0.29, 0.717) is 30.3 Å². The molecule has 128 valence electrons. The molecule has 0 aromatic heterocycles. The number of ether oxygens (including phenoxy) is 2. The Hall–Kier alpha value is -2.53. The fourth-order valence-electron chi connectivity index (χ4n) is 2.29. The van der Waals surface area contributed by atoms with Gasteiger partial charge in [0.2, 0.25) is 0 Å². The van der Waals surface area contributed by atoms with Crippen molar-refractivity contribution in [2.45, 2.75) is 32.9 Å². The zero-order chi connectivity index (χ0) is 17.5. The lowest BCUT2D eigenvalue weighted by atomic mass is 10.0. The van der Waals surface area contributed by atoms with Gasteiger partial charge >= 0.3 is 5.97 Å². The van der Waals surface area contributed by atoms with Crippen LogP contribution in [0.15, 0.2) is 42.5 Å². The second-order valence-electron chi connectivity index (χ2n) is 5.62. The SMILES string of the molecule is CCOc1cc(C(N)CC(=O)O)ccc1OCc1ccc(C)cc1. The van der Waals surface area contributed by atoms with Crippen LogP contribution in [0.5, 0.6) is 11.5 Å². The normalized spacial score (nSPS) is 11.8. The summed E-state index contributed by atoms with van der Waals surface area (Å²) in [7, 11) is 0. The Bertz CT molecular complexity index is 682. The number of nitrogens with two attached hydrogens (primary N) is 1. The van der Waals surface area contributed by atoms with Gasteiger partial charge in [-0.2, -0.15) is 0 Å². The Kier molecular flexibility index (Phi) is 6.21. The molecule has 0 fully saturated rings. The van der Waals surface area contributed by atoms with Crippen molar-refractivity contribution < 1.29 is 19.4 Å². The van der Waals surface area contributed by atoms with E-state index in [1.54, 1.807) is 18.2 Å². The molecule has 2 rings (SSSR count). The molecule has 0 amide bonds. The van der Waals surface area contributed by atoms with E-state index in [2.05, 4.69) is 0 Å². The highest BCUT2D eigenvalue weighted by Gasteiger charge is 2.14. The molecule has 0 aliphatic heterocycles. The number of aliphatic carboxylic acids is 1. The van der Waals surface area contributed by atoms with Crippen LogP contribution in [0.3, 0.4) is 0 Å². The van der Waals surface area contributed by atoms with Crippen molar-refractivity contribution in [3.8, 4) is 11.5 Å². The molecule has 0 heterocycles. The molecule has 2 aromatic carbocycles. The lowest BCUT2D eigenvalue weighted by Crippen LogP contribution is -2.15. The fraction of sp³-hybridized carbons (Fsp3) is 0.316. The number of carboxylic acids is 1. The number of aryl methyl sites for hydroxylation is 1. The molecule has 2 aromatic rings. The molecule has 0 spiro atoms. The van der Waals surface area contributed by atoms with Crippen LogP contribution < -0.4 is 15.2 Å². The van der Waals surface area contributed by atoms with E-state index < -0.39 is 12.0 Å². The molecule has 0 saturated carbocycles. The first-order chi connectivity index (χ1) is 11.5. The minimum absolute atomic E-state index is 0.130. The van der Waals surface area contributed by atoms with Crippen LogP contribution in [0, 0.1) is 6.92 Å². The number of carbonyl (C=O) groups is 1. The van der Waals surface area contributed by atoms with Crippen LogP contribution >= 0.6 is 0 Å². The summed E-state index contributed by atoms with van der Waals surface area (Å²) in [5.41, 5.74) is 8.89. The average molecular weight is 329 g/mol. The number of benzene rings is 2. The average Bonchev–Trinajstić information content (AvgIpc) is 2.54. The Morgan fingerprint density at radius 1 is 1.12 bits per heavy atom. The third kappa shape index (κ3) is 4.99. The second kappa shape index (κ2) is 8.36. The van der Waals surface area contributed by atoms with Crippen molar-refractivity contribution in [1.82, 2.24) is 0 Å². The highest BCUT2D eigenvalue weighted by atomic mass is 16.5. The van der Waals surface area contributed by atoms with Crippen LogP contribution in [0.2, 0.25) is 0 Å². The summed E-state index contributed by atoms with van der Waals surface area (Å²) >= 11 is 0. The van der Waals surface area contributed by atoms with E-state index in [1.165, 1.54) is 5.56 Å². The predicted octanol–water partition coefficient (Wildman–Crippen LogP) is 3.45. The maximum atomic E-state index is 10.8. The van der Waals surface area contributed by atoms with Gasteiger partial charge in [-0.05, 0) is 37.1 Å². The van der Waals surface area contributed by atoms with Gasteiger partial charge in [-0.3, -0.25) is 4.79 Å². The van der Waals surface area contributed by atoms with Crippen LogP contribution in [0.4, 0.5) is 0 Å². The Morgan fingerprint density at radius 3 is 2.46 bits per heavy atom. The minimum atomic E-state index is -0.930. The van der Waals surface area contributed by atoms with Crippen LogP contribution in [-0.4, -0.2) is 17.7 Å². The van der Waals surface area contributed by atoms with E-state index in [4.69, 9.17) is 20.3 Å². The monoisotopic (exact) mass is 329 g/mol. The molecule has 3 N–H and O–H groups in total. The lowest BCUT2D eigenvalue weighted by molar-refractivity contribution is -0.137. The summed E-state index contributed by atoms with van der Waals surface area (Å²) in [5.74, 6) is 0.256. The third-order valence-electron chi connectivity index (χ3n) is 3.61. The molecule has 24 heavy (non-hydrogen) atoms. The fourth-order valence-corrected chi connectivity index (χ4v) is 2.29. The van der Waals surface area contributed by atoms with Crippen molar-refractivity contribution >= 4 is 5.97 Å². The number of carboxylic acid groups (broad SMARTS) is 1. The Labute approximate surface area is 142 Å². The first-order valence-electron chi connectivity index (χ1n) is 7.92. The molecule has 5 nitrogen and oxygen atoms in total. The standard InChI is InChI=1S/C19H23NO4/c1-3-23-18-10-15(16(20)11-19(21)22)8-9-17(18)24-12-14-6-4-13(2)5-7-14/h4-10,16H,3,11-12,20H2,1-2H3,(H,21,22). The van der Waals surface area contributed by atoms with Crippen molar-refractivity contribution in [2.24, 2.45) is 5.73 Å². The summed E-state index contributed by atoms with van der Waals surface area (Å²) in [6, 6.07) is 12.8. The van der Waals surface area contributed by atoms with E-state index in [9.17, 15) is 4.79 Å².